The van der Waals surface area contributed by atoms with Gasteiger partial charge in [-0.3, -0.25) is 29.4 Å². The molecule has 0 atom stereocenters. The highest BCUT2D eigenvalue weighted by molar-refractivity contribution is 6.21. The molecular weight excluding hydrogens is 452 g/mol. The fourth-order valence-electron chi connectivity index (χ4n) is 3.59. The zero-order chi connectivity index (χ0) is 24.9. The summed E-state index contributed by atoms with van der Waals surface area (Å²) in [5.74, 6) is -2.68. The number of fused-ring (bicyclic) bond motifs is 1. The van der Waals surface area contributed by atoms with Gasteiger partial charge in [0, 0.05) is 0 Å². The smallest absolute Gasteiger partial charge is 0.338 e. The second kappa shape index (κ2) is 10.0. The summed E-state index contributed by atoms with van der Waals surface area (Å²) in [5.41, 5.74) is 1.69. The summed E-state index contributed by atoms with van der Waals surface area (Å²) in [5, 5.41) is 2.14. The number of methoxy groups -OCH3 is 1. The van der Waals surface area contributed by atoms with Crippen molar-refractivity contribution in [3.63, 3.8) is 0 Å². The molecule has 3 aromatic carbocycles. The predicted molar refractivity (Wildman–Crippen MR) is 123 cm³/mol. The van der Waals surface area contributed by atoms with Crippen molar-refractivity contribution in [1.82, 2.24) is 10.2 Å². The van der Waals surface area contributed by atoms with Crippen molar-refractivity contribution in [3.05, 3.63) is 101 Å². The summed E-state index contributed by atoms with van der Waals surface area (Å²) >= 11 is 0. The van der Waals surface area contributed by atoms with E-state index in [2.05, 4.69) is 5.32 Å². The van der Waals surface area contributed by atoms with Crippen LogP contribution in [0.5, 0.6) is 5.75 Å². The van der Waals surface area contributed by atoms with Crippen LogP contribution in [0, 0.1) is 0 Å². The number of para-hydroxylation sites is 1. The maximum absolute atomic E-state index is 12.5. The molecule has 0 radical (unpaired) electrons. The number of hydrogen-bond donors (Lipinski definition) is 1. The summed E-state index contributed by atoms with van der Waals surface area (Å²) in [6.45, 7) is -0.606. The van der Waals surface area contributed by atoms with E-state index in [1.165, 1.54) is 25.3 Å². The number of rotatable bonds is 7. The van der Waals surface area contributed by atoms with Crippen molar-refractivity contribution >= 4 is 29.6 Å². The van der Waals surface area contributed by atoms with Crippen LogP contribution in [0.25, 0.3) is 0 Å². The van der Waals surface area contributed by atoms with Crippen LogP contribution in [0.2, 0.25) is 0 Å². The van der Waals surface area contributed by atoms with E-state index in [1.807, 2.05) is 0 Å². The van der Waals surface area contributed by atoms with Gasteiger partial charge in [-0.2, -0.15) is 0 Å². The minimum atomic E-state index is -0.795. The van der Waals surface area contributed by atoms with Crippen LogP contribution >= 0.6 is 0 Å². The third kappa shape index (κ3) is 4.93. The first kappa shape index (κ1) is 23.4. The molecule has 3 aromatic rings. The van der Waals surface area contributed by atoms with Crippen LogP contribution in [-0.2, 0) is 16.1 Å². The number of benzene rings is 3. The molecule has 9 heteroatoms. The monoisotopic (exact) mass is 472 g/mol. The minimum absolute atomic E-state index is 0.0507. The first-order chi connectivity index (χ1) is 16.9. The van der Waals surface area contributed by atoms with Crippen molar-refractivity contribution in [2.24, 2.45) is 0 Å². The van der Waals surface area contributed by atoms with Gasteiger partial charge in [-0.05, 0) is 42.0 Å². The molecule has 4 amide bonds. The predicted octanol–water partition coefficient (Wildman–Crippen LogP) is 2.60. The Morgan fingerprint density at radius 1 is 0.829 bits per heavy atom. The molecular formula is C26H20N2O7. The summed E-state index contributed by atoms with van der Waals surface area (Å²) < 4.78 is 10.1. The maximum atomic E-state index is 12.5. The van der Waals surface area contributed by atoms with Gasteiger partial charge >= 0.3 is 5.97 Å². The normalized spacial score (nSPS) is 12.2. The van der Waals surface area contributed by atoms with Crippen LogP contribution in [0.1, 0.15) is 47.0 Å². The van der Waals surface area contributed by atoms with Crippen molar-refractivity contribution in [1.29, 1.82) is 0 Å². The highest BCUT2D eigenvalue weighted by Crippen LogP contribution is 2.24. The topological polar surface area (TPSA) is 119 Å². The number of amides is 4. The Hall–Kier alpha value is -4.79. The standard InChI is InChI=1S/C26H20N2O7/c1-34-21-9-5-4-8-20(21)23(30)27-22(29)15-35-26(33)17-12-10-16(11-13-17)14-28-24(31)18-6-2-3-7-19(18)25(28)32/h2-13H,14-15H2,1H3,(H,27,29,30). The van der Waals surface area contributed by atoms with Crippen LogP contribution in [0.4, 0.5) is 0 Å². The summed E-state index contributed by atoms with van der Waals surface area (Å²) in [6.07, 6.45) is 0. The quantitative estimate of drug-likeness (QED) is 0.415. The average molecular weight is 472 g/mol. The average Bonchev–Trinajstić information content (AvgIpc) is 3.12. The molecule has 1 heterocycles. The molecule has 1 N–H and O–H groups in total. The van der Waals surface area contributed by atoms with Gasteiger partial charge in [0.25, 0.3) is 23.6 Å². The second-order valence-corrected chi connectivity index (χ2v) is 7.59. The first-order valence-electron chi connectivity index (χ1n) is 10.6. The number of nitrogens with zero attached hydrogens (tertiary/aromatic N) is 1. The fourth-order valence-corrected chi connectivity index (χ4v) is 3.59. The van der Waals surface area contributed by atoms with Crippen molar-refractivity contribution in [3.8, 4) is 5.75 Å². The lowest BCUT2D eigenvalue weighted by Crippen LogP contribution is -2.34. The second-order valence-electron chi connectivity index (χ2n) is 7.59. The number of nitrogens with one attached hydrogen (secondary N) is 1. The molecule has 9 nitrogen and oxygen atoms in total. The van der Waals surface area contributed by atoms with Crippen molar-refractivity contribution in [2.45, 2.75) is 6.54 Å². The molecule has 0 saturated heterocycles. The number of carbonyl (C=O) groups is 5. The molecule has 0 fully saturated rings. The van der Waals surface area contributed by atoms with E-state index in [0.29, 0.717) is 22.4 Å². The Balaban J connectivity index is 1.31. The van der Waals surface area contributed by atoms with Gasteiger partial charge in [-0.15, -0.1) is 0 Å². The molecule has 0 bridgehead atoms. The molecule has 0 saturated carbocycles. The lowest BCUT2D eigenvalue weighted by molar-refractivity contribution is -0.123. The van der Waals surface area contributed by atoms with E-state index in [4.69, 9.17) is 9.47 Å². The number of carbonyl (C=O) groups excluding carboxylic acids is 5. The van der Waals surface area contributed by atoms with Gasteiger partial charge in [0.05, 0.1) is 35.9 Å². The zero-order valence-electron chi connectivity index (χ0n) is 18.6. The van der Waals surface area contributed by atoms with Crippen LogP contribution < -0.4 is 10.1 Å². The third-order valence-corrected chi connectivity index (χ3v) is 5.35. The lowest BCUT2D eigenvalue weighted by atomic mass is 10.1. The van der Waals surface area contributed by atoms with Gasteiger partial charge < -0.3 is 9.47 Å². The molecule has 0 spiro atoms. The van der Waals surface area contributed by atoms with Gasteiger partial charge in [0.2, 0.25) is 0 Å². The number of esters is 1. The molecule has 1 aliphatic heterocycles. The largest absolute Gasteiger partial charge is 0.496 e. The Bertz CT molecular complexity index is 1300. The van der Waals surface area contributed by atoms with Crippen LogP contribution in [0.3, 0.4) is 0 Å². The summed E-state index contributed by atoms with van der Waals surface area (Å²) in [6, 6.07) is 19.1. The van der Waals surface area contributed by atoms with Crippen molar-refractivity contribution < 1.29 is 33.4 Å². The Morgan fingerprint density at radius 3 is 2.06 bits per heavy atom. The van der Waals surface area contributed by atoms with E-state index in [0.717, 1.165) is 4.90 Å². The molecule has 1 aliphatic rings. The van der Waals surface area contributed by atoms with E-state index in [-0.39, 0.29) is 29.5 Å². The third-order valence-electron chi connectivity index (χ3n) is 5.35. The summed E-state index contributed by atoms with van der Waals surface area (Å²) in [4.78, 5) is 62.7. The molecule has 0 aromatic heterocycles. The van der Waals surface area contributed by atoms with E-state index < -0.39 is 24.4 Å². The zero-order valence-corrected chi connectivity index (χ0v) is 18.6. The molecule has 4 rings (SSSR count). The highest BCUT2D eigenvalue weighted by atomic mass is 16.5. The minimum Gasteiger partial charge on any atom is -0.496 e. The van der Waals surface area contributed by atoms with Gasteiger partial charge in [-0.25, -0.2) is 4.79 Å². The number of hydrogen-bond acceptors (Lipinski definition) is 7. The van der Waals surface area contributed by atoms with Gasteiger partial charge in [0.15, 0.2) is 6.61 Å². The Morgan fingerprint density at radius 2 is 1.43 bits per heavy atom. The Labute approximate surface area is 200 Å². The van der Waals surface area contributed by atoms with Crippen LogP contribution in [-0.4, -0.2) is 48.2 Å². The van der Waals surface area contributed by atoms with E-state index in [1.54, 1.807) is 54.6 Å². The number of ether oxygens (including phenoxy) is 2. The molecule has 35 heavy (non-hydrogen) atoms. The molecule has 0 unspecified atom stereocenters. The fraction of sp³-hybridized carbons (Fsp3) is 0.115. The maximum Gasteiger partial charge on any atom is 0.338 e. The lowest BCUT2D eigenvalue weighted by Gasteiger charge is -2.14. The van der Waals surface area contributed by atoms with E-state index in [9.17, 15) is 24.0 Å². The SMILES string of the molecule is COc1ccccc1C(=O)NC(=O)COC(=O)c1ccc(CN2C(=O)c3ccccc3C2=O)cc1. The van der Waals surface area contributed by atoms with Crippen molar-refractivity contribution in [2.75, 3.05) is 13.7 Å². The molecule has 0 aliphatic carbocycles. The first-order valence-corrected chi connectivity index (χ1v) is 10.6. The van der Waals surface area contributed by atoms with Gasteiger partial charge in [-0.1, -0.05) is 36.4 Å². The number of imide groups is 2. The highest BCUT2D eigenvalue weighted by Gasteiger charge is 2.34. The van der Waals surface area contributed by atoms with E-state index >= 15 is 0 Å². The molecule has 176 valence electrons. The Kier molecular flexibility index (Phi) is 6.68. The summed E-state index contributed by atoms with van der Waals surface area (Å²) in [7, 11) is 1.40. The van der Waals surface area contributed by atoms with Gasteiger partial charge in [0.1, 0.15) is 5.75 Å². The van der Waals surface area contributed by atoms with Crippen LogP contribution in [0.15, 0.2) is 72.8 Å².